The Balaban J connectivity index is 0.00000392. The molecular formula is C17H24Cl2N4O4S2. The Morgan fingerprint density at radius 3 is 2.31 bits per heavy atom. The Kier molecular flexibility index (Phi) is 11.6. The molecule has 162 valence electrons. The summed E-state index contributed by atoms with van der Waals surface area (Å²) in [4.78, 5) is 13.6. The maximum Gasteiger partial charge on any atom is 0.293 e. The molecule has 0 aliphatic heterocycles. The highest BCUT2D eigenvalue weighted by atomic mass is 35.5. The van der Waals surface area contributed by atoms with Crippen LogP contribution in [0.2, 0.25) is 0 Å². The number of anilines is 1. The number of sulfonamides is 1. The predicted octanol–water partition coefficient (Wildman–Crippen LogP) is 3.22. The van der Waals surface area contributed by atoms with Gasteiger partial charge in [-0.1, -0.05) is 18.2 Å². The third-order valence-corrected chi connectivity index (χ3v) is 5.72. The number of nitrogens with zero attached hydrogens (tertiary/aromatic N) is 2. The summed E-state index contributed by atoms with van der Waals surface area (Å²) in [5.41, 5.74) is -0.0668. The summed E-state index contributed by atoms with van der Waals surface area (Å²) < 4.78 is 22.9. The van der Waals surface area contributed by atoms with Gasteiger partial charge in [-0.25, -0.2) is 13.6 Å². The molecule has 0 fully saturated rings. The molecular weight excluding hydrogens is 459 g/mol. The van der Waals surface area contributed by atoms with Crippen LogP contribution >= 0.6 is 36.6 Å². The number of thioether (sulfide) groups is 1. The highest BCUT2D eigenvalue weighted by Crippen LogP contribution is 2.29. The second-order valence-corrected chi connectivity index (χ2v) is 8.86. The monoisotopic (exact) mass is 482 g/mol. The largest absolute Gasteiger partial charge is 0.375 e. The summed E-state index contributed by atoms with van der Waals surface area (Å²) in [5, 5.41) is 19.6. The fourth-order valence-electron chi connectivity index (χ4n) is 2.48. The number of nitro benzene ring substituents is 1. The first-order valence-electron chi connectivity index (χ1n) is 8.07. The highest BCUT2D eigenvalue weighted by Gasteiger charge is 2.21. The Hall–Kier alpha value is -1.56. The average molecular weight is 483 g/mol. The van der Waals surface area contributed by atoms with Gasteiger partial charge in [-0.3, -0.25) is 10.1 Å². The van der Waals surface area contributed by atoms with Gasteiger partial charge in [0, 0.05) is 29.3 Å². The predicted molar refractivity (Wildman–Crippen MR) is 122 cm³/mol. The van der Waals surface area contributed by atoms with Crippen molar-refractivity contribution >= 4 is 58.0 Å². The standard InChI is InChI=1S/C17H22N4O4S2.2ClH/c1-20(2)11-13(12-26-14-6-4-3-5-7-14)19-16-9-8-15(27(18,24)25)10-17(16)21(22)23;;/h3-10,13,19H,11-12H2,1-2H3,(H2,18,24,25);2*1H/t13-;;/m1../s1. The minimum absolute atomic E-state index is 0. The van der Waals surface area contributed by atoms with E-state index in [9.17, 15) is 18.5 Å². The van der Waals surface area contributed by atoms with Crippen molar-refractivity contribution in [3.05, 3.63) is 58.6 Å². The van der Waals surface area contributed by atoms with Gasteiger partial charge < -0.3 is 10.2 Å². The van der Waals surface area contributed by atoms with Crippen molar-refractivity contribution in [2.24, 2.45) is 5.14 Å². The molecule has 2 aromatic rings. The molecule has 0 heterocycles. The van der Waals surface area contributed by atoms with Crippen molar-refractivity contribution in [2.75, 3.05) is 31.7 Å². The Morgan fingerprint density at radius 2 is 1.79 bits per heavy atom. The van der Waals surface area contributed by atoms with Crippen molar-refractivity contribution in [3.8, 4) is 0 Å². The molecule has 0 radical (unpaired) electrons. The smallest absolute Gasteiger partial charge is 0.293 e. The first-order valence-corrected chi connectivity index (χ1v) is 10.6. The van der Waals surface area contributed by atoms with E-state index in [0.717, 1.165) is 11.0 Å². The van der Waals surface area contributed by atoms with Gasteiger partial charge in [-0.2, -0.15) is 0 Å². The van der Waals surface area contributed by atoms with Gasteiger partial charge in [-0.15, -0.1) is 36.6 Å². The van der Waals surface area contributed by atoms with E-state index in [1.807, 2.05) is 49.3 Å². The van der Waals surface area contributed by atoms with Crippen molar-refractivity contribution in [1.29, 1.82) is 0 Å². The highest BCUT2D eigenvalue weighted by molar-refractivity contribution is 7.99. The number of benzene rings is 2. The number of halogens is 2. The van der Waals surface area contributed by atoms with Crippen LogP contribution in [0.4, 0.5) is 11.4 Å². The molecule has 0 aromatic heterocycles. The van der Waals surface area contributed by atoms with Crippen LogP contribution in [0.15, 0.2) is 58.3 Å². The zero-order valence-corrected chi connectivity index (χ0v) is 19.1. The second-order valence-electron chi connectivity index (χ2n) is 6.21. The molecule has 2 aromatic carbocycles. The second kappa shape index (κ2) is 12.2. The normalized spacial score (nSPS) is 11.9. The van der Waals surface area contributed by atoms with Gasteiger partial charge in [0.2, 0.25) is 10.0 Å². The number of rotatable bonds is 9. The van der Waals surface area contributed by atoms with Crippen LogP contribution in [0.5, 0.6) is 0 Å². The number of primary sulfonamides is 1. The summed E-state index contributed by atoms with van der Waals surface area (Å²) in [7, 11) is -0.180. The molecule has 0 saturated heterocycles. The van der Waals surface area contributed by atoms with Crippen LogP contribution in [-0.2, 0) is 10.0 Å². The number of nitrogens with one attached hydrogen (secondary N) is 1. The number of nitrogens with two attached hydrogens (primary N) is 1. The van der Waals surface area contributed by atoms with Gasteiger partial charge in [0.25, 0.3) is 5.69 Å². The van der Waals surface area contributed by atoms with Gasteiger partial charge in [0.1, 0.15) is 5.69 Å². The third kappa shape index (κ3) is 8.77. The Bertz CT molecular complexity index is 900. The Labute approximate surface area is 187 Å². The zero-order valence-electron chi connectivity index (χ0n) is 15.8. The number of hydrogen-bond acceptors (Lipinski definition) is 7. The van der Waals surface area contributed by atoms with Crippen molar-refractivity contribution in [1.82, 2.24) is 4.90 Å². The van der Waals surface area contributed by atoms with E-state index in [-0.39, 0.29) is 47.1 Å². The molecule has 8 nitrogen and oxygen atoms in total. The topological polar surface area (TPSA) is 119 Å². The van der Waals surface area contributed by atoms with Gasteiger partial charge >= 0.3 is 0 Å². The number of likely N-dealkylation sites (N-methyl/N-ethyl adjacent to an activating group) is 1. The molecule has 0 spiro atoms. The van der Waals surface area contributed by atoms with E-state index in [1.165, 1.54) is 12.1 Å². The van der Waals surface area contributed by atoms with E-state index < -0.39 is 14.9 Å². The van der Waals surface area contributed by atoms with Crippen molar-refractivity contribution in [3.63, 3.8) is 0 Å². The lowest BCUT2D eigenvalue weighted by Crippen LogP contribution is -2.34. The first kappa shape index (κ1) is 27.4. The molecule has 0 aliphatic carbocycles. The fraction of sp³-hybridized carbons (Fsp3) is 0.294. The maximum absolute atomic E-state index is 11.5. The molecule has 0 amide bonds. The van der Waals surface area contributed by atoms with Crippen LogP contribution in [0.3, 0.4) is 0 Å². The maximum atomic E-state index is 11.5. The fourth-order valence-corrected chi connectivity index (χ4v) is 3.94. The van der Waals surface area contributed by atoms with Crippen LogP contribution < -0.4 is 10.5 Å². The molecule has 2 rings (SSSR count). The van der Waals surface area contributed by atoms with Crippen LogP contribution in [0.25, 0.3) is 0 Å². The van der Waals surface area contributed by atoms with Gasteiger partial charge in [-0.05, 0) is 38.4 Å². The Morgan fingerprint density at radius 1 is 1.17 bits per heavy atom. The molecule has 0 bridgehead atoms. The van der Waals surface area contributed by atoms with E-state index in [2.05, 4.69) is 5.32 Å². The summed E-state index contributed by atoms with van der Waals surface area (Å²) in [6.45, 7) is 0.647. The zero-order chi connectivity index (χ0) is 20.0. The third-order valence-electron chi connectivity index (χ3n) is 3.63. The van der Waals surface area contributed by atoms with Crippen LogP contribution in [-0.4, -0.2) is 50.7 Å². The molecule has 0 aliphatic rings. The lowest BCUT2D eigenvalue weighted by Gasteiger charge is -2.23. The van der Waals surface area contributed by atoms with Crippen molar-refractivity contribution < 1.29 is 13.3 Å². The molecule has 3 N–H and O–H groups in total. The summed E-state index contributed by atoms with van der Waals surface area (Å²) in [6.07, 6.45) is 0. The van der Waals surface area contributed by atoms with Gasteiger partial charge in [0.15, 0.2) is 0 Å². The molecule has 0 saturated carbocycles. The van der Waals surface area contributed by atoms with Crippen molar-refractivity contribution in [2.45, 2.75) is 15.8 Å². The number of hydrogen-bond donors (Lipinski definition) is 2. The van der Waals surface area contributed by atoms with E-state index in [4.69, 9.17) is 5.14 Å². The molecule has 29 heavy (non-hydrogen) atoms. The lowest BCUT2D eigenvalue weighted by atomic mass is 10.2. The first-order chi connectivity index (χ1) is 12.7. The number of nitro groups is 1. The average Bonchev–Trinajstić information content (AvgIpc) is 2.59. The van der Waals surface area contributed by atoms with E-state index >= 15 is 0 Å². The van der Waals surface area contributed by atoms with Gasteiger partial charge in [0.05, 0.1) is 9.82 Å². The molecule has 1 atom stereocenters. The minimum atomic E-state index is -4.01. The lowest BCUT2D eigenvalue weighted by molar-refractivity contribution is -0.384. The summed E-state index contributed by atoms with van der Waals surface area (Å²) >= 11 is 1.64. The summed E-state index contributed by atoms with van der Waals surface area (Å²) in [6, 6.07) is 13.4. The molecule has 12 heteroatoms. The van der Waals surface area contributed by atoms with E-state index in [0.29, 0.717) is 12.3 Å². The summed E-state index contributed by atoms with van der Waals surface area (Å²) in [5.74, 6) is 0.677. The van der Waals surface area contributed by atoms with Crippen LogP contribution in [0, 0.1) is 10.1 Å². The molecule has 0 unspecified atom stereocenters. The quantitative estimate of drug-likeness (QED) is 0.319. The van der Waals surface area contributed by atoms with Crippen LogP contribution in [0.1, 0.15) is 0 Å². The minimum Gasteiger partial charge on any atom is -0.375 e. The SMILES string of the molecule is CN(C)C[C@H](CSc1ccccc1)Nc1ccc(S(N)(=O)=O)cc1[N+](=O)[O-].Cl.Cl. The van der Waals surface area contributed by atoms with E-state index in [1.54, 1.807) is 11.8 Å².